The van der Waals surface area contributed by atoms with Crippen LogP contribution in [-0.4, -0.2) is 66.3 Å². The summed E-state index contributed by atoms with van der Waals surface area (Å²) in [5.74, 6) is -1.16. The van der Waals surface area contributed by atoms with Gasteiger partial charge in [0.1, 0.15) is 0 Å². The van der Waals surface area contributed by atoms with Crippen molar-refractivity contribution in [2.24, 2.45) is 0 Å². The number of hydrogen-bond donors (Lipinski definition) is 2. The summed E-state index contributed by atoms with van der Waals surface area (Å²) in [6.45, 7) is -0.177. The van der Waals surface area contributed by atoms with Crippen LogP contribution in [0.4, 0.5) is 0 Å². The van der Waals surface area contributed by atoms with Crippen molar-refractivity contribution in [2.45, 2.75) is 13.2 Å². The Hall–Kier alpha value is 1.10. The molecule has 0 saturated heterocycles. The van der Waals surface area contributed by atoms with Crippen molar-refractivity contribution in [3.63, 3.8) is 0 Å². The van der Waals surface area contributed by atoms with E-state index < -0.39 is 38.3 Å². The van der Waals surface area contributed by atoms with E-state index in [4.69, 9.17) is 14.9 Å². The van der Waals surface area contributed by atoms with Gasteiger partial charge in [0.2, 0.25) is 0 Å². The smallest absolute Gasteiger partial charge is 0.870 e. The summed E-state index contributed by atoms with van der Waals surface area (Å²) in [5.41, 5.74) is 1.92. The number of rotatable bonds is 8. The summed E-state index contributed by atoms with van der Waals surface area (Å²) in [5, 5.41) is 16.4. The van der Waals surface area contributed by atoms with Crippen LogP contribution >= 0.6 is 0 Å². The topological polar surface area (TPSA) is 194 Å². The van der Waals surface area contributed by atoms with Crippen LogP contribution in [-0.2, 0) is 38.2 Å². The third-order valence-electron chi connectivity index (χ3n) is 2.96. The molecule has 0 aliphatic carbocycles. The predicted octanol–water partition coefficient (Wildman–Crippen LogP) is -8.71. The Labute approximate surface area is 261 Å². The third-order valence-corrected chi connectivity index (χ3v) is 4.31. The molecule has 33 heavy (non-hydrogen) atoms. The molecular formula is C18H25Na3O10S2. The summed E-state index contributed by atoms with van der Waals surface area (Å²) in [6.07, 6.45) is 0. The van der Waals surface area contributed by atoms with Gasteiger partial charge in [-0.25, -0.2) is 16.8 Å². The molecule has 15 heteroatoms. The number of aliphatic hydroxyl groups is 2. The molecule has 0 aliphatic rings. The molecule has 172 valence electrons. The van der Waals surface area contributed by atoms with E-state index in [-0.39, 0.29) is 107 Å². The van der Waals surface area contributed by atoms with Gasteiger partial charge in [0.05, 0.1) is 58.2 Å². The summed E-state index contributed by atoms with van der Waals surface area (Å²) in [6, 6.07) is 18.9. The fraction of sp³-hybridized carbons (Fsp3) is 0.333. The average molecular weight is 534 g/mol. The summed E-state index contributed by atoms with van der Waals surface area (Å²) in [7, 11) is -8.33. The van der Waals surface area contributed by atoms with E-state index in [1.54, 1.807) is 0 Å². The molecule has 0 atom stereocenters. The molecule has 0 saturated carbocycles. The van der Waals surface area contributed by atoms with Gasteiger partial charge in [-0.05, 0) is 11.1 Å². The Balaban J connectivity index is -0.000000120. The van der Waals surface area contributed by atoms with E-state index in [2.05, 4.69) is 0 Å². The maximum atomic E-state index is 10.2. The first-order valence-electron chi connectivity index (χ1n) is 8.32. The molecule has 0 aromatic heterocycles. The molecule has 0 fully saturated rings. The molecule has 0 unspecified atom stereocenters. The van der Waals surface area contributed by atoms with Crippen molar-refractivity contribution in [2.75, 3.05) is 24.7 Å². The molecule has 0 heterocycles. The van der Waals surface area contributed by atoms with Gasteiger partial charge in [-0.1, -0.05) is 60.7 Å². The largest absolute Gasteiger partial charge is 1.00 e. The van der Waals surface area contributed by atoms with E-state index in [9.17, 15) is 25.9 Å². The van der Waals surface area contributed by atoms with Crippen molar-refractivity contribution in [1.82, 2.24) is 0 Å². The van der Waals surface area contributed by atoms with E-state index >= 15 is 0 Å². The van der Waals surface area contributed by atoms with Crippen LogP contribution in [0, 0.1) is 0 Å². The maximum absolute atomic E-state index is 10.2. The monoisotopic (exact) mass is 534 g/mol. The van der Waals surface area contributed by atoms with Crippen LogP contribution < -0.4 is 88.7 Å². The zero-order valence-electron chi connectivity index (χ0n) is 19.0. The van der Waals surface area contributed by atoms with Gasteiger partial charge in [0, 0.05) is 0 Å². The minimum Gasteiger partial charge on any atom is -0.870 e. The molecule has 0 spiro atoms. The molecule has 3 N–H and O–H groups in total. The van der Waals surface area contributed by atoms with Crippen molar-refractivity contribution >= 4 is 20.2 Å². The maximum Gasteiger partial charge on any atom is 1.00 e. The second-order valence-electron chi connectivity index (χ2n) is 5.43. The number of ether oxygens (including phenoxy) is 1. The molecule has 0 aliphatic heterocycles. The van der Waals surface area contributed by atoms with Crippen molar-refractivity contribution in [1.29, 1.82) is 0 Å². The Kier molecular flexibility index (Phi) is 35.0. The van der Waals surface area contributed by atoms with Crippen molar-refractivity contribution in [3.05, 3.63) is 71.8 Å². The number of benzene rings is 2. The summed E-state index contributed by atoms with van der Waals surface area (Å²) >= 11 is 0. The second kappa shape index (κ2) is 26.2. The second-order valence-corrected chi connectivity index (χ2v) is 8.48. The van der Waals surface area contributed by atoms with Gasteiger partial charge < -0.3 is 29.5 Å². The first-order chi connectivity index (χ1) is 13.6. The van der Waals surface area contributed by atoms with Gasteiger partial charge in [-0.2, -0.15) is 0 Å². The molecule has 0 bridgehead atoms. The fourth-order valence-corrected chi connectivity index (χ4v) is 2.17. The van der Waals surface area contributed by atoms with Crippen LogP contribution in [0.1, 0.15) is 11.1 Å². The van der Waals surface area contributed by atoms with E-state index in [0.29, 0.717) is 6.61 Å². The van der Waals surface area contributed by atoms with E-state index in [1.165, 1.54) is 0 Å². The fourth-order valence-electron chi connectivity index (χ4n) is 1.62. The SMILES string of the molecule is O=S(=O)([O-])CCO.O=S(=O)([O-])CCOCc1ccccc1.OCc1ccccc1.[Na+].[Na+].[Na+].[OH-]. The Bertz CT molecular complexity index is 869. The van der Waals surface area contributed by atoms with Gasteiger partial charge >= 0.3 is 88.7 Å². The normalized spacial score (nSPS) is 9.58. The standard InChI is InChI=1S/C9H12O4S.C7H8O.C2H6O4S.3Na.H2O/c10-14(11,12)7-6-13-8-9-4-2-1-3-5-9;8-6-7-4-2-1-3-5-7;3-1-2-7(4,5)6;;;;/h1-5H,6-8H2,(H,10,11,12);1-5,8H,6H2;3H,1-2H2,(H,4,5,6);;;;1H2/q;;;3*+1;/p-3. The molecule has 0 radical (unpaired) electrons. The minimum atomic E-state index is -4.17. The van der Waals surface area contributed by atoms with Crippen LogP contribution in [0.15, 0.2) is 60.7 Å². The molecule has 2 rings (SSSR count). The Morgan fingerprint density at radius 2 is 1.09 bits per heavy atom. The van der Waals surface area contributed by atoms with Crippen molar-refractivity contribution in [3.8, 4) is 0 Å². The Morgan fingerprint density at radius 3 is 1.36 bits per heavy atom. The number of aliphatic hydroxyl groups excluding tert-OH is 2. The van der Waals surface area contributed by atoms with Crippen molar-refractivity contribution < 1.29 is 135 Å². The molecular weight excluding hydrogens is 509 g/mol. The van der Waals surface area contributed by atoms with Gasteiger partial charge in [0.25, 0.3) is 0 Å². The Morgan fingerprint density at radius 1 is 0.697 bits per heavy atom. The summed E-state index contributed by atoms with van der Waals surface area (Å²) < 4.78 is 64.2. The first-order valence-corrected chi connectivity index (χ1v) is 11.5. The van der Waals surface area contributed by atoms with Gasteiger partial charge in [-0.15, -0.1) is 0 Å². The van der Waals surface area contributed by atoms with Crippen LogP contribution in [0.25, 0.3) is 0 Å². The predicted molar refractivity (Wildman–Crippen MR) is 107 cm³/mol. The van der Waals surface area contributed by atoms with E-state index in [0.717, 1.165) is 11.1 Å². The van der Waals surface area contributed by atoms with Gasteiger partial charge in [0.15, 0.2) is 0 Å². The summed E-state index contributed by atoms with van der Waals surface area (Å²) in [4.78, 5) is 0. The van der Waals surface area contributed by atoms with Crippen LogP contribution in [0.3, 0.4) is 0 Å². The van der Waals surface area contributed by atoms with E-state index in [1.807, 2.05) is 60.7 Å². The molecule has 10 nitrogen and oxygen atoms in total. The minimum absolute atomic E-state index is 0. The molecule has 2 aromatic rings. The molecule has 0 amide bonds. The van der Waals surface area contributed by atoms with Gasteiger partial charge in [-0.3, -0.25) is 0 Å². The zero-order valence-corrected chi connectivity index (χ0v) is 26.7. The quantitative estimate of drug-likeness (QED) is 0.187. The third kappa shape index (κ3) is 33.1. The average Bonchev–Trinajstić information content (AvgIpc) is 2.66. The van der Waals surface area contributed by atoms with Crippen LogP contribution in [0.2, 0.25) is 0 Å². The zero-order chi connectivity index (χ0) is 22.2. The first kappa shape index (κ1) is 44.1. The van der Waals surface area contributed by atoms with Crippen LogP contribution in [0.5, 0.6) is 0 Å². The molecule has 2 aromatic carbocycles. The number of hydrogen-bond acceptors (Lipinski definition) is 10.